The van der Waals surface area contributed by atoms with Crippen LogP contribution in [0.25, 0.3) is 0 Å². The summed E-state index contributed by atoms with van der Waals surface area (Å²) in [5, 5.41) is 0. The maximum Gasteiger partial charge on any atom is 0.0578 e. The number of fused-ring (bicyclic) bond motifs is 15. The molecule has 2 atom stereocenters. The molecule has 0 N–H and O–H groups in total. The van der Waals surface area contributed by atoms with E-state index in [1.54, 1.807) is 122 Å². The minimum absolute atomic E-state index is 0. The lowest BCUT2D eigenvalue weighted by Crippen LogP contribution is -2.37. The van der Waals surface area contributed by atoms with Crippen LogP contribution < -0.4 is 0 Å². The van der Waals surface area contributed by atoms with Crippen LogP contribution in [0.1, 0.15) is 238 Å². The smallest absolute Gasteiger partial charge is 0.0578 e. The molecule has 19 aliphatic rings. The van der Waals surface area contributed by atoms with Gasteiger partial charge >= 0.3 is 0 Å². The molecule has 19 fully saturated rings. The van der Waals surface area contributed by atoms with Crippen LogP contribution in [0.3, 0.4) is 0 Å². The predicted molar refractivity (Wildman–Crippen MR) is 253 cm³/mol. The van der Waals surface area contributed by atoms with Crippen LogP contribution in [0.2, 0.25) is 0 Å². The number of rotatable bonds is 0. The van der Waals surface area contributed by atoms with Gasteiger partial charge in [0.25, 0.3) is 0 Å². The topological polar surface area (TPSA) is 27.7 Å². The minimum atomic E-state index is 0. The Morgan fingerprint density at radius 3 is 0.632 bits per heavy atom. The Morgan fingerprint density at radius 1 is 0.211 bits per heavy atom. The third-order valence-corrected chi connectivity index (χ3v) is 16.9. The van der Waals surface area contributed by atoms with Gasteiger partial charge < -0.3 is 14.2 Å². The van der Waals surface area contributed by atoms with Gasteiger partial charge in [-0.1, -0.05) is 148 Å². The average molecular weight is 805 g/mol. The van der Waals surface area contributed by atoms with E-state index in [4.69, 9.17) is 14.2 Å². The van der Waals surface area contributed by atoms with E-state index in [0.29, 0.717) is 12.2 Å². The molecular weight excluding hydrogens is 697 g/mol. The van der Waals surface area contributed by atoms with E-state index >= 15 is 0 Å². The first-order valence-corrected chi connectivity index (χ1v) is 23.5. The van der Waals surface area contributed by atoms with E-state index in [-0.39, 0.29) is 52.0 Å². The largest absolute Gasteiger partial charge is 0.381 e. The lowest BCUT2D eigenvalue weighted by molar-refractivity contribution is -0.0615. The Bertz CT molecular complexity index is 773. The molecule has 19 rings (SSSR count). The molecule has 0 aromatic rings. The maximum absolute atomic E-state index is 5.48. The molecule has 14 aliphatic carbocycles. The van der Waals surface area contributed by atoms with Gasteiger partial charge in [0.05, 0.1) is 12.2 Å². The number of ether oxygens (including phenoxy) is 3. The van der Waals surface area contributed by atoms with Crippen molar-refractivity contribution in [1.82, 2.24) is 0 Å². The summed E-state index contributed by atoms with van der Waals surface area (Å²) in [6, 6.07) is 0. The standard InChI is InChI=1S/C8H14.C7H12O.2C7H12.2C6H10O.C6H10.7CH4/c1-2-8-5-3-7(1)4-6-8;1-3-7-4-2-6(1)5-8-7;1-2-7-4-3-6(1)5-7;1-2-6-4-7(3-1)5-6;1-5-2-6(1)4-7-3-5;1-2-6-3-5(1)4-7-6;1-2-6-3-5(1)4-6;;;;;;;/h7-8H,1-6H2;6-7H,1-5H2;2*6-7H,1-5H2;2*5-6H,1-4H2;5-6H,1-4H2;7*1H4. The van der Waals surface area contributed by atoms with Crippen molar-refractivity contribution in [2.75, 3.05) is 26.4 Å². The van der Waals surface area contributed by atoms with E-state index < -0.39 is 0 Å². The van der Waals surface area contributed by atoms with Gasteiger partial charge in [-0.05, 0) is 161 Å². The Kier molecular flexibility index (Phi) is 26.7. The monoisotopic (exact) mass is 805 g/mol. The number of hydrogen-bond acceptors (Lipinski definition) is 3. The van der Waals surface area contributed by atoms with Crippen molar-refractivity contribution in [3.8, 4) is 0 Å². The summed E-state index contributed by atoms with van der Waals surface area (Å²) in [5.41, 5.74) is 0. The van der Waals surface area contributed by atoms with Gasteiger partial charge in [0, 0.05) is 26.4 Å². The second-order valence-electron chi connectivity index (χ2n) is 20.9. The van der Waals surface area contributed by atoms with E-state index in [1.165, 1.54) is 99.7 Å². The highest BCUT2D eigenvalue weighted by molar-refractivity contribution is 4.87. The fraction of sp³-hybridized carbons (Fsp3) is 1.00. The van der Waals surface area contributed by atoms with E-state index in [9.17, 15) is 0 Å². The van der Waals surface area contributed by atoms with Gasteiger partial charge in [-0.3, -0.25) is 0 Å². The van der Waals surface area contributed by atoms with Crippen molar-refractivity contribution in [1.29, 1.82) is 0 Å². The van der Waals surface area contributed by atoms with Crippen LogP contribution in [0, 0.1) is 71.0 Å². The van der Waals surface area contributed by atoms with Gasteiger partial charge in [-0.25, -0.2) is 0 Å². The van der Waals surface area contributed by atoms with Crippen LogP contribution in [-0.2, 0) is 14.2 Å². The lowest BCUT2D eigenvalue weighted by Gasteiger charge is -2.40. The molecule has 5 saturated heterocycles. The van der Waals surface area contributed by atoms with Crippen LogP contribution in [-0.4, -0.2) is 38.6 Å². The van der Waals surface area contributed by atoms with Crippen molar-refractivity contribution < 1.29 is 14.2 Å². The third-order valence-electron chi connectivity index (χ3n) is 16.9. The maximum atomic E-state index is 5.48. The van der Waals surface area contributed by atoms with Crippen LogP contribution >= 0.6 is 0 Å². The SMILES string of the molecule is C.C.C.C.C.C.C.C1CC2CC(C1)C2.C1CC2CC1C2.C1CC2CC1CO2.C1CC2CCC1C2.C1CC2CCC1CC2.C1CC2CCC1CO2.C1OCC2CC1C2. The van der Waals surface area contributed by atoms with Crippen molar-refractivity contribution in [3.63, 3.8) is 0 Å². The Morgan fingerprint density at radius 2 is 0.526 bits per heavy atom. The lowest BCUT2D eigenvalue weighted by atomic mass is 9.65. The summed E-state index contributed by atoms with van der Waals surface area (Å²) in [6.07, 6.45) is 45.2. The van der Waals surface area contributed by atoms with Gasteiger partial charge in [0.2, 0.25) is 0 Å². The van der Waals surface area contributed by atoms with E-state index in [2.05, 4.69) is 0 Å². The average Bonchev–Trinajstić information content (AvgIpc) is 4.05. The summed E-state index contributed by atoms with van der Waals surface area (Å²) in [7, 11) is 0. The van der Waals surface area contributed by atoms with Crippen molar-refractivity contribution in [2.45, 2.75) is 250 Å². The first kappa shape index (κ1) is 54.9. The first-order chi connectivity index (χ1) is 24.6. The van der Waals surface area contributed by atoms with Crippen molar-refractivity contribution >= 4 is 0 Å². The van der Waals surface area contributed by atoms with Crippen LogP contribution in [0.15, 0.2) is 0 Å². The zero-order valence-corrected chi connectivity index (χ0v) is 32.6. The molecule has 14 saturated carbocycles. The second kappa shape index (κ2) is 27.7. The molecule has 3 heteroatoms. The van der Waals surface area contributed by atoms with Gasteiger partial charge in [-0.2, -0.15) is 0 Å². The zero-order valence-electron chi connectivity index (χ0n) is 32.6. The molecule has 0 spiro atoms. The van der Waals surface area contributed by atoms with Gasteiger partial charge in [0.15, 0.2) is 0 Å². The molecule has 2 unspecified atom stereocenters. The minimum Gasteiger partial charge on any atom is -0.381 e. The highest BCUT2D eigenvalue weighted by Gasteiger charge is 2.36. The first-order valence-electron chi connectivity index (χ1n) is 23.5. The molecule has 5 aliphatic heterocycles. The molecule has 3 nitrogen and oxygen atoms in total. The predicted octanol–water partition coefficient (Wildman–Crippen LogP) is 17.0. The highest BCUT2D eigenvalue weighted by atomic mass is 16.5. The van der Waals surface area contributed by atoms with Crippen LogP contribution in [0.4, 0.5) is 0 Å². The summed E-state index contributed by atoms with van der Waals surface area (Å²) >= 11 is 0. The van der Waals surface area contributed by atoms with Crippen LogP contribution in [0.5, 0.6) is 0 Å². The fourth-order valence-electron chi connectivity index (χ4n) is 13.2. The molecule has 14 bridgehead atoms. The molecule has 0 aromatic carbocycles. The normalized spacial score (nSPS) is 41.7. The summed E-state index contributed by atoms with van der Waals surface area (Å²) in [6.45, 7) is 4.22. The molecule has 342 valence electrons. The highest BCUT2D eigenvalue weighted by Crippen LogP contribution is 2.48. The zero-order chi connectivity index (χ0) is 33.5. The summed E-state index contributed by atoms with van der Waals surface area (Å²) in [5.74, 6) is 13.2. The fourth-order valence-corrected chi connectivity index (χ4v) is 13.2. The van der Waals surface area contributed by atoms with Crippen molar-refractivity contribution in [3.05, 3.63) is 0 Å². The molecule has 5 heterocycles. The second-order valence-corrected chi connectivity index (χ2v) is 20.9. The van der Waals surface area contributed by atoms with Crippen molar-refractivity contribution in [2.24, 2.45) is 71.0 Å². The Balaban J connectivity index is 0.000000326. The number of hydrogen-bond donors (Lipinski definition) is 0. The molecule has 57 heavy (non-hydrogen) atoms. The molecule has 0 aromatic heterocycles. The van der Waals surface area contributed by atoms with Gasteiger partial charge in [0.1, 0.15) is 0 Å². The van der Waals surface area contributed by atoms with Gasteiger partial charge in [-0.15, -0.1) is 0 Å². The molecule has 0 radical (unpaired) electrons. The quantitative estimate of drug-likeness (QED) is 0.244. The van der Waals surface area contributed by atoms with E-state index in [1.807, 2.05) is 0 Å². The molecule has 0 amide bonds. The summed E-state index contributed by atoms with van der Waals surface area (Å²) in [4.78, 5) is 0. The Hall–Kier alpha value is -0.120. The van der Waals surface area contributed by atoms with E-state index in [0.717, 1.165) is 61.9 Å². The third kappa shape index (κ3) is 16.6. The Labute approximate surface area is 360 Å². The summed E-state index contributed by atoms with van der Waals surface area (Å²) < 4.78 is 16.1. The molecular formula is C54H108O3.